The molecule has 0 spiro atoms. The molecule has 0 aliphatic heterocycles. The SMILES string of the molecule is CC(C)Nc1cc(-c2csc(N(C)C(=O)c3ccccc3)n2)ncn1. The van der Waals surface area contributed by atoms with E-state index in [2.05, 4.69) is 20.3 Å². The maximum atomic E-state index is 12.5. The predicted octanol–water partition coefficient (Wildman–Crippen LogP) is 3.70. The molecule has 2 aromatic heterocycles. The molecule has 0 unspecified atom stereocenters. The highest BCUT2D eigenvalue weighted by Crippen LogP contribution is 2.27. The van der Waals surface area contributed by atoms with E-state index < -0.39 is 0 Å². The molecule has 128 valence electrons. The van der Waals surface area contributed by atoms with E-state index in [0.29, 0.717) is 10.7 Å². The van der Waals surface area contributed by atoms with Crippen molar-refractivity contribution >= 4 is 28.2 Å². The minimum atomic E-state index is -0.0913. The van der Waals surface area contributed by atoms with E-state index >= 15 is 0 Å². The Morgan fingerprint density at radius 3 is 2.64 bits per heavy atom. The summed E-state index contributed by atoms with van der Waals surface area (Å²) in [5, 5.41) is 5.76. The molecule has 1 aromatic carbocycles. The van der Waals surface area contributed by atoms with Crippen LogP contribution in [0.25, 0.3) is 11.4 Å². The Bertz CT molecular complexity index is 863. The highest BCUT2D eigenvalue weighted by atomic mass is 32.1. The number of carbonyl (C=O) groups excluding carboxylic acids is 1. The van der Waals surface area contributed by atoms with Crippen molar-refractivity contribution in [3.8, 4) is 11.4 Å². The number of anilines is 2. The molecule has 6 nitrogen and oxygen atoms in total. The monoisotopic (exact) mass is 353 g/mol. The number of nitrogens with one attached hydrogen (secondary N) is 1. The Kier molecular flexibility index (Phi) is 5.04. The van der Waals surface area contributed by atoms with E-state index in [0.717, 1.165) is 17.2 Å². The van der Waals surface area contributed by atoms with E-state index in [1.807, 2.05) is 43.5 Å². The molecule has 0 saturated heterocycles. The minimum absolute atomic E-state index is 0.0913. The van der Waals surface area contributed by atoms with Crippen LogP contribution in [0.5, 0.6) is 0 Å². The molecule has 1 amide bonds. The molecule has 0 bridgehead atoms. The number of aromatic nitrogens is 3. The highest BCUT2D eigenvalue weighted by molar-refractivity contribution is 7.14. The molecule has 0 fully saturated rings. The van der Waals surface area contributed by atoms with Gasteiger partial charge in [-0.2, -0.15) is 0 Å². The van der Waals surface area contributed by atoms with Crippen molar-refractivity contribution < 1.29 is 4.79 Å². The first kappa shape index (κ1) is 17.0. The molecule has 7 heteroatoms. The molecule has 0 aliphatic carbocycles. The van der Waals surface area contributed by atoms with E-state index in [9.17, 15) is 4.79 Å². The normalized spacial score (nSPS) is 10.7. The summed E-state index contributed by atoms with van der Waals surface area (Å²) in [5.74, 6) is 0.662. The van der Waals surface area contributed by atoms with Gasteiger partial charge in [0.15, 0.2) is 5.13 Å². The standard InChI is InChI=1S/C18H19N5OS/c1-12(2)21-16-9-14(19-11-20-16)15-10-25-18(22-15)23(3)17(24)13-7-5-4-6-8-13/h4-12H,1-3H3,(H,19,20,21). The summed E-state index contributed by atoms with van der Waals surface area (Å²) in [6.07, 6.45) is 1.51. The number of nitrogens with zero attached hydrogens (tertiary/aromatic N) is 4. The molecule has 3 rings (SSSR count). The van der Waals surface area contributed by atoms with Gasteiger partial charge >= 0.3 is 0 Å². The van der Waals surface area contributed by atoms with Gasteiger partial charge in [0.1, 0.15) is 17.8 Å². The maximum Gasteiger partial charge on any atom is 0.259 e. The van der Waals surface area contributed by atoms with Gasteiger partial charge in [0.25, 0.3) is 5.91 Å². The first-order valence-electron chi connectivity index (χ1n) is 7.92. The minimum Gasteiger partial charge on any atom is -0.368 e. The molecule has 0 atom stereocenters. The van der Waals surface area contributed by atoms with Gasteiger partial charge in [0.05, 0.1) is 5.69 Å². The van der Waals surface area contributed by atoms with Crippen molar-refractivity contribution in [2.45, 2.75) is 19.9 Å². The van der Waals surface area contributed by atoms with Crippen molar-refractivity contribution in [3.63, 3.8) is 0 Å². The Balaban J connectivity index is 1.81. The number of benzene rings is 1. The number of amides is 1. The summed E-state index contributed by atoms with van der Waals surface area (Å²) < 4.78 is 0. The van der Waals surface area contributed by atoms with Gasteiger partial charge in [-0.3, -0.25) is 9.69 Å². The molecule has 3 aromatic rings. The summed E-state index contributed by atoms with van der Waals surface area (Å²) in [5.41, 5.74) is 2.08. The number of carbonyl (C=O) groups is 1. The van der Waals surface area contributed by atoms with Crippen molar-refractivity contribution in [2.24, 2.45) is 0 Å². The molecule has 0 saturated carbocycles. The van der Waals surface area contributed by atoms with Crippen molar-refractivity contribution in [1.29, 1.82) is 0 Å². The van der Waals surface area contributed by atoms with E-state index in [4.69, 9.17) is 0 Å². The second kappa shape index (κ2) is 7.40. The predicted molar refractivity (Wildman–Crippen MR) is 101 cm³/mol. The average molecular weight is 353 g/mol. The summed E-state index contributed by atoms with van der Waals surface area (Å²) in [4.78, 5) is 27.1. The van der Waals surface area contributed by atoms with Gasteiger partial charge in [-0.1, -0.05) is 18.2 Å². The lowest BCUT2D eigenvalue weighted by Gasteiger charge is -2.13. The molecule has 25 heavy (non-hydrogen) atoms. The van der Waals surface area contributed by atoms with Gasteiger partial charge in [0, 0.05) is 30.1 Å². The summed E-state index contributed by atoms with van der Waals surface area (Å²) in [6, 6.07) is 11.3. The third-order valence-electron chi connectivity index (χ3n) is 3.47. The second-order valence-corrected chi connectivity index (χ2v) is 6.67. The fraction of sp³-hybridized carbons (Fsp3) is 0.222. The smallest absolute Gasteiger partial charge is 0.259 e. The van der Waals surface area contributed by atoms with Crippen LogP contribution in [0.4, 0.5) is 10.9 Å². The second-order valence-electron chi connectivity index (χ2n) is 5.83. The van der Waals surface area contributed by atoms with Gasteiger partial charge in [0.2, 0.25) is 0 Å². The van der Waals surface area contributed by atoms with E-state index in [1.54, 1.807) is 24.1 Å². The lowest BCUT2D eigenvalue weighted by atomic mass is 10.2. The number of rotatable bonds is 5. The zero-order valence-corrected chi connectivity index (χ0v) is 15.1. The van der Waals surface area contributed by atoms with Gasteiger partial charge in [-0.25, -0.2) is 15.0 Å². The van der Waals surface area contributed by atoms with Gasteiger partial charge in [-0.15, -0.1) is 11.3 Å². The van der Waals surface area contributed by atoms with Crippen LogP contribution in [0.2, 0.25) is 0 Å². The first-order valence-corrected chi connectivity index (χ1v) is 8.80. The first-order chi connectivity index (χ1) is 12.0. The van der Waals surface area contributed by atoms with E-state index in [1.165, 1.54) is 17.7 Å². The maximum absolute atomic E-state index is 12.5. The van der Waals surface area contributed by atoms with Crippen LogP contribution < -0.4 is 10.2 Å². The fourth-order valence-corrected chi connectivity index (χ4v) is 3.05. The summed E-state index contributed by atoms with van der Waals surface area (Å²) in [7, 11) is 1.73. The number of thiazole rings is 1. The third-order valence-corrected chi connectivity index (χ3v) is 4.39. The Morgan fingerprint density at radius 2 is 1.92 bits per heavy atom. The molecule has 2 heterocycles. The molecular formula is C18H19N5OS. The van der Waals surface area contributed by atoms with Crippen LogP contribution in [0, 0.1) is 0 Å². The lowest BCUT2D eigenvalue weighted by molar-refractivity contribution is 0.0993. The van der Waals surface area contributed by atoms with Crippen LogP contribution in [0.1, 0.15) is 24.2 Å². The Labute approximate surface area is 150 Å². The van der Waals surface area contributed by atoms with Crippen molar-refractivity contribution in [2.75, 3.05) is 17.3 Å². The van der Waals surface area contributed by atoms with Crippen LogP contribution in [-0.2, 0) is 0 Å². The van der Waals surface area contributed by atoms with Crippen LogP contribution in [0.3, 0.4) is 0 Å². The van der Waals surface area contributed by atoms with Crippen molar-refractivity contribution in [3.05, 3.63) is 53.7 Å². The number of hydrogen-bond donors (Lipinski definition) is 1. The molecule has 0 radical (unpaired) electrons. The quantitative estimate of drug-likeness (QED) is 0.757. The third kappa shape index (κ3) is 4.00. The average Bonchev–Trinajstić information content (AvgIpc) is 3.11. The van der Waals surface area contributed by atoms with Gasteiger partial charge < -0.3 is 5.32 Å². The van der Waals surface area contributed by atoms with Crippen LogP contribution >= 0.6 is 11.3 Å². The van der Waals surface area contributed by atoms with Crippen LogP contribution in [0.15, 0.2) is 48.1 Å². The Hall–Kier alpha value is -2.80. The van der Waals surface area contributed by atoms with Crippen LogP contribution in [-0.4, -0.2) is 33.9 Å². The molecule has 1 N–H and O–H groups in total. The topological polar surface area (TPSA) is 71.0 Å². The van der Waals surface area contributed by atoms with E-state index in [-0.39, 0.29) is 11.9 Å². The largest absolute Gasteiger partial charge is 0.368 e. The number of hydrogen-bond acceptors (Lipinski definition) is 6. The molecule has 0 aliphatic rings. The summed E-state index contributed by atoms with van der Waals surface area (Å²) >= 11 is 1.41. The molecular weight excluding hydrogens is 334 g/mol. The summed E-state index contributed by atoms with van der Waals surface area (Å²) in [6.45, 7) is 4.10. The Morgan fingerprint density at radius 1 is 1.16 bits per heavy atom. The lowest BCUT2D eigenvalue weighted by Crippen LogP contribution is -2.25. The fourth-order valence-electron chi connectivity index (χ4n) is 2.27. The van der Waals surface area contributed by atoms with Gasteiger partial charge in [-0.05, 0) is 26.0 Å². The zero-order valence-electron chi connectivity index (χ0n) is 14.3. The zero-order chi connectivity index (χ0) is 17.8. The highest BCUT2D eigenvalue weighted by Gasteiger charge is 2.17. The van der Waals surface area contributed by atoms with Crippen molar-refractivity contribution in [1.82, 2.24) is 15.0 Å².